The molecule has 0 saturated carbocycles. The third-order valence-electron chi connectivity index (χ3n) is 5.81. The minimum Gasteiger partial charge on any atom is -0.377 e. The minimum absolute atomic E-state index is 0.109. The van der Waals surface area contributed by atoms with Crippen molar-refractivity contribution in [2.45, 2.75) is 37.9 Å². The zero-order valence-electron chi connectivity index (χ0n) is 14.6. The first-order valence-corrected chi connectivity index (χ1v) is 9.31. The largest absolute Gasteiger partial charge is 0.377 e. The van der Waals surface area contributed by atoms with E-state index in [1.807, 2.05) is 17.0 Å². The van der Waals surface area contributed by atoms with Crippen molar-refractivity contribution in [3.8, 4) is 0 Å². The molecule has 5 nitrogen and oxygen atoms in total. The van der Waals surface area contributed by atoms with Gasteiger partial charge in [0.1, 0.15) is 5.60 Å². The molecular weight excluding hydrogens is 316 g/mol. The molecule has 1 amide bonds. The third kappa shape index (κ3) is 3.48. The molecule has 5 heteroatoms. The first-order chi connectivity index (χ1) is 12.3. The van der Waals surface area contributed by atoms with Crippen molar-refractivity contribution in [1.29, 1.82) is 0 Å². The van der Waals surface area contributed by atoms with Crippen molar-refractivity contribution in [2.75, 3.05) is 26.3 Å². The Morgan fingerprint density at radius 3 is 2.80 bits per heavy atom. The summed E-state index contributed by atoms with van der Waals surface area (Å²) in [6.07, 6.45) is 11.7. The molecule has 2 fully saturated rings. The van der Waals surface area contributed by atoms with Gasteiger partial charge in [-0.3, -0.25) is 9.78 Å². The van der Waals surface area contributed by atoms with Gasteiger partial charge in [0, 0.05) is 31.5 Å². The highest BCUT2D eigenvalue weighted by Crippen LogP contribution is 2.42. The van der Waals surface area contributed by atoms with Gasteiger partial charge in [-0.15, -0.1) is 0 Å². The van der Waals surface area contributed by atoms with Gasteiger partial charge in [-0.25, -0.2) is 0 Å². The van der Waals surface area contributed by atoms with E-state index >= 15 is 0 Å². The Hall–Kier alpha value is -1.72. The van der Waals surface area contributed by atoms with Gasteiger partial charge in [0.2, 0.25) is 5.91 Å². The van der Waals surface area contributed by atoms with E-state index in [0.29, 0.717) is 18.4 Å². The number of rotatable bonds is 6. The zero-order chi connectivity index (χ0) is 17.1. The van der Waals surface area contributed by atoms with Crippen molar-refractivity contribution >= 4 is 5.91 Å². The quantitative estimate of drug-likeness (QED) is 0.589. The number of ether oxygens (including phenoxy) is 2. The number of carbonyl (C=O) groups is 1. The average molecular weight is 342 g/mol. The van der Waals surface area contributed by atoms with Crippen LogP contribution in [0.3, 0.4) is 0 Å². The fourth-order valence-electron chi connectivity index (χ4n) is 4.27. The van der Waals surface area contributed by atoms with Crippen LogP contribution in [0.1, 0.15) is 31.2 Å². The normalized spacial score (nSPS) is 24.8. The molecule has 4 rings (SSSR count). The number of carbonyl (C=O) groups excluding carboxylic acids is 1. The van der Waals surface area contributed by atoms with Crippen LogP contribution in [0, 0.1) is 11.8 Å². The van der Waals surface area contributed by atoms with Crippen molar-refractivity contribution in [1.82, 2.24) is 9.88 Å². The summed E-state index contributed by atoms with van der Waals surface area (Å²) in [4.78, 5) is 18.5. The predicted molar refractivity (Wildman–Crippen MR) is 93.7 cm³/mol. The molecule has 0 aromatic carbocycles. The maximum atomic E-state index is 12.5. The maximum absolute atomic E-state index is 12.5. The Morgan fingerprint density at radius 1 is 1.28 bits per heavy atom. The van der Waals surface area contributed by atoms with Gasteiger partial charge >= 0.3 is 0 Å². The molecule has 1 spiro atoms. The van der Waals surface area contributed by atoms with E-state index in [0.717, 1.165) is 57.6 Å². The van der Waals surface area contributed by atoms with E-state index in [4.69, 9.17) is 9.47 Å². The Morgan fingerprint density at radius 2 is 2.04 bits per heavy atom. The van der Waals surface area contributed by atoms with Gasteiger partial charge in [-0.05, 0) is 49.3 Å². The van der Waals surface area contributed by atoms with E-state index in [1.54, 1.807) is 12.4 Å². The van der Waals surface area contributed by atoms with Crippen LogP contribution in [0.25, 0.3) is 0 Å². The Bertz CT molecular complexity index is 617. The van der Waals surface area contributed by atoms with E-state index in [2.05, 4.69) is 17.1 Å². The summed E-state index contributed by atoms with van der Waals surface area (Å²) >= 11 is 0. The van der Waals surface area contributed by atoms with Crippen molar-refractivity contribution < 1.29 is 14.3 Å². The van der Waals surface area contributed by atoms with Crippen LogP contribution in [0.2, 0.25) is 0 Å². The van der Waals surface area contributed by atoms with Crippen LogP contribution >= 0.6 is 0 Å². The van der Waals surface area contributed by atoms with Crippen LogP contribution in [-0.4, -0.2) is 47.7 Å². The number of likely N-dealkylation sites (tertiary alicyclic amines) is 1. The monoisotopic (exact) mass is 342 g/mol. The second-order valence-electron chi connectivity index (χ2n) is 7.43. The number of hydrogen-bond donors (Lipinski definition) is 0. The summed E-state index contributed by atoms with van der Waals surface area (Å²) in [5.74, 6) is 0.968. The topological polar surface area (TPSA) is 51.7 Å². The lowest BCUT2D eigenvalue weighted by molar-refractivity contribution is -0.169. The number of amides is 1. The predicted octanol–water partition coefficient (Wildman–Crippen LogP) is 2.57. The lowest BCUT2D eigenvalue weighted by Crippen LogP contribution is -2.66. The lowest BCUT2D eigenvalue weighted by atomic mass is 9.78. The number of pyridine rings is 1. The number of nitrogens with zero attached hydrogens (tertiary/aromatic N) is 2. The second-order valence-corrected chi connectivity index (χ2v) is 7.43. The lowest BCUT2D eigenvalue weighted by Gasteiger charge is -2.51. The summed E-state index contributed by atoms with van der Waals surface area (Å²) < 4.78 is 11.9. The first kappa shape index (κ1) is 16.7. The molecule has 1 unspecified atom stereocenters. The second kappa shape index (κ2) is 7.26. The van der Waals surface area contributed by atoms with Gasteiger partial charge in [0.05, 0.1) is 19.7 Å². The molecule has 0 N–H and O–H groups in total. The Labute approximate surface area is 149 Å². The highest BCUT2D eigenvalue weighted by Gasteiger charge is 2.54. The van der Waals surface area contributed by atoms with Crippen LogP contribution in [-0.2, 0) is 20.9 Å². The van der Waals surface area contributed by atoms with Crippen molar-refractivity contribution in [3.63, 3.8) is 0 Å². The molecule has 1 aromatic heterocycles. The highest BCUT2D eigenvalue weighted by atomic mass is 16.5. The molecule has 2 saturated heterocycles. The van der Waals surface area contributed by atoms with Gasteiger partial charge in [-0.2, -0.15) is 0 Å². The molecule has 2 aliphatic heterocycles. The SMILES string of the molecule is O=C(C1CC=CC1)N1CC2(C1)OCCC2CCOCc1ccncc1. The number of allylic oxidation sites excluding steroid dienone is 2. The summed E-state index contributed by atoms with van der Waals surface area (Å²) in [5.41, 5.74) is 1.04. The van der Waals surface area contributed by atoms with Crippen molar-refractivity contribution in [2.24, 2.45) is 11.8 Å². The van der Waals surface area contributed by atoms with Crippen LogP contribution in [0.5, 0.6) is 0 Å². The number of aromatic nitrogens is 1. The van der Waals surface area contributed by atoms with Crippen LogP contribution in [0.15, 0.2) is 36.7 Å². The van der Waals surface area contributed by atoms with Crippen molar-refractivity contribution in [3.05, 3.63) is 42.2 Å². The molecule has 1 aliphatic carbocycles. The highest BCUT2D eigenvalue weighted by molar-refractivity contribution is 5.80. The summed E-state index contributed by atoms with van der Waals surface area (Å²) in [6, 6.07) is 3.96. The fraction of sp³-hybridized carbons (Fsp3) is 0.600. The Kier molecular flexibility index (Phi) is 4.86. The van der Waals surface area contributed by atoms with E-state index in [1.165, 1.54) is 0 Å². The molecule has 1 atom stereocenters. The molecular formula is C20H26N2O3. The smallest absolute Gasteiger partial charge is 0.226 e. The number of hydrogen-bond acceptors (Lipinski definition) is 4. The molecule has 0 radical (unpaired) electrons. The maximum Gasteiger partial charge on any atom is 0.226 e. The first-order valence-electron chi connectivity index (χ1n) is 9.31. The Balaban J connectivity index is 1.22. The third-order valence-corrected chi connectivity index (χ3v) is 5.81. The minimum atomic E-state index is -0.109. The van der Waals surface area contributed by atoms with Crippen LogP contribution in [0.4, 0.5) is 0 Å². The summed E-state index contributed by atoms with van der Waals surface area (Å²) in [5, 5.41) is 0. The van der Waals surface area contributed by atoms with E-state index < -0.39 is 0 Å². The van der Waals surface area contributed by atoms with Gasteiger partial charge in [-0.1, -0.05) is 12.2 Å². The average Bonchev–Trinajstić information content (AvgIpc) is 3.27. The van der Waals surface area contributed by atoms with Crippen LogP contribution < -0.4 is 0 Å². The summed E-state index contributed by atoms with van der Waals surface area (Å²) in [7, 11) is 0. The summed E-state index contributed by atoms with van der Waals surface area (Å²) in [6.45, 7) is 3.69. The molecule has 3 heterocycles. The molecule has 1 aromatic rings. The molecule has 25 heavy (non-hydrogen) atoms. The standard InChI is InChI=1S/C20H26N2O3/c23-19(17-3-1-2-4-17)22-14-20(15-22)18(8-12-25-20)7-11-24-13-16-5-9-21-10-6-16/h1-2,5-6,9-10,17-18H,3-4,7-8,11-15H2. The fourth-order valence-corrected chi connectivity index (χ4v) is 4.27. The van der Waals surface area contributed by atoms with Gasteiger partial charge < -0.3 is 14.4 Å². The molecule has 134 valence electrons. The molecule has 3 aliphatic rings. The van der Waals surface area contributed by atoms with E-state index in [-0.39, 0.29) is 11.5 Å². The molecule has 0 bridgehead atoms. The van der Waals surface area contributed by atoms with Gasteiger partial charge in [0.25, 0.3) is 0 Å². The zero-order valence-corrected chi connectivity index (χ0v) is 14.6. The van der Waals surface area contributed by atoms with E-state index in [9.17, 15) is 4.79 Å². The van der Waals surface area contributed by atoms with Gasteiger partial charge in [0.15, 0.2) is 0 Å².